The number of aryl methyl sites for hydroxylation is 1. The minimum Gasteiger partial charge on any atom is -0.491 e. The first kappa shape index (κ1) is 30.3. The smallest absolute Gasteiger partial charge is 0.333 e. The molecule has 0 fully saturated rings. The Hall–Kier alpha value is -4.19. The molecule has 0 aliphatic heterocycles. The van der Waals surface area contributed by atoms with Crippen LogP contribution in [0.1, 0.15) is 70.4 Å². The first-order chi connectivity index (χ1) is 21.0. The third-order valence-electron chi connectivity index (χ3n) is 7.92. The second-order valence-corrected chi connectivity index (χ2v) is 11.0. The van der Waals surface area contributed by atoms with Gasteiger partial charge >= 0.3 is 5.97 Å². The van der Waals surface area contributed by atoms with Crippen LogP contribution in [0.3, 0.4) is 0 Å². The number of hydrogen-bond acceptors (Lipinski definition) is 4. The zero-order chi connectivity index (χ0) is 30.0. The molecule has 0 heterocycles. The van der Waals surface area contributed by atoms with Crippen molar-refractivity contribution in [1.29, 1.82) is 0 Å². The van der Waals surface area contributed by atoms with Crippen molar-refractivity contribution in [3.05, 3.63) is 136 Å². The molecule has 0 spiro atoms. The van der Waals surface area contributed by atoms with Crippen LogP contribution in [0.15, 0.2) is 91.0 Å². The monoisotopic (exact) mass is 576 g/mol. The largest absolute Gasteiger partial charge is 0.491 e. The van der Waals surface area contributed by atoms with Crippen LogP contribution in [-0.4, -0.2) is 37.5 Å². The van der Waals surface area contributed by atoms with E-state index in [1.165, 1.54) is 40.5 Å². The Bertz CT molecular complexity index is 1520. The highest BCUT2D eigenvalue weighted by Gasteiger charge is 2.23. The zero-order valence-corrected chi connectivity index (χ0v) is 25.0. The summed E-state index contributed by atoms with van der Waals surface area (Å²) in [6, 6.07) is 31.5. The molecule has 4 aromatic rings. The standard InChI is InChI=1S/C38H40O5/c1-3-4-8-28-11-15-31-16-17-32-24-30(23-27-9-6-5-7-10-27)14-20-34(32)37(35(31)25-28)43-22-21-42-33-18-12-29(13-19-33)26-36(41-2)38(39)40/h5-7,9-20,24-25,36-37H,3-4,8,21-23,26H2,1-2H3,(H,39,40). The number of ether oxygens (including phenoxy) is 3. The van der Waals surface area contributed by atoms with Crippen molar-refractivity contribution in [2.45, 2.75) is 51.2 Å². The molecule has 0 saturated heterocycles. The predicted molar refractivity (Wildman–Crippen MR) is 172 cm³/mol. The summed E-state index contributed by atoms with van der Waals surface area (Å²) in [7, 11) is 1.41. The van der Waals surface area contributed by atoms with Crippen molar-refractivity contribution < 1.29 is 24.1 Å². The van der Waals surface area contributed by atoms with E-state index >= 15 is 0 Å². The highest BCUT2D eigenvalue weighted by molar-refractivity contribution is 5.77. The van der Waals surface area contributed by atoms with Crippen molar-refractivity contribution in [1.82, 2.24) is 0 Å². The van der Waals surface area contributed by atoms with E-state index in [9.17, 15) is 9.90 Å². The number of hydrogen-bond donors (Lipinski definition) is 1. The SMILES string of the molecule is CCCCc1ccc2c(c1)C(OCCOc1ccc(CC(OC)C(=O)O)cc1)c1ccc(Cc3ccccc3)cc1C=C2. The molecule has 43 heavy (non-hydrogen) atoms. The average Bonchev–Trinajstić information content (AvgIpc) is 3.18. The van der Waals surface area contributed by atoms with Gasteiger partial charge in [-0.1, -0.05) is 104 Å². The number of aliphatic carboxylic acids is 1. The van der Waals surface area contributed by atoms with Crippen LogP contribution < -0.4 is 4.74 Å². The Morgan fingerprint density at radius 2 is 1.53 bits per heavy atom. The third kappa shape index (κ3) is 8.01. The molecule has 0 radical (unpaired) electrons. The van der Waals surface area contributed by atoms with Gasteiger partial charge in [0, 0.05) is 13.5 Å². The van der Waals surface area contributed by atoms with Crippen LogP contribution in [0.5, 0.6) is 5.75 Å². The minimum absolute atomic E-state index is 0.208. The summed E-state index contributed by atoms with van der Waals surface area (Å²) < 4.78 is 17.7. The summed E-state index contributed by atoms with van der Waals surface area (Å²) in [4.78, 5) is 11.3. The molecule has 2 unspecified atom stereocenters. The molecule has 5 heteroatoms. The predicted octanol–water partition coefficient (Wildman–Crippen LogP) is 7.93. The van der Waals surface area contributed by atoms with E-state index in [4.69, 9.17) is 14.2 Å². The molecule has 0 aromatic heterocycles. The number of carboxylic acids is 1. The van der Waals surface area contributed by atoms with Crippen LogP contribution >= 0.6 is 0 Å². The van der Waals surface area contributed by atoms with Crippen LogP contribution in [0.25, 0.3) is 12.2 Å². The molecule has 4 aromatic carbocycles. The van der Waals surface area contributed by atoms with Crippen molar-refractivity contribution in [2.75, 3.05) is 20.3 Å². The van der Waals surface area contributed by atoms with E-state index in [-0.39, 0.29) is 6.10 Å². The second-order valence-electron chi connectivity index (χ2n) is 11.0. The zero-order valence-electron chi connectivity index (χ0n) is 25.0. The molecule has 0 bridgehead atoms. The van der Waals surface area contributed by atoms with Gasteiger partial charge < -0.3 is 19.3 Å². The van der Waals surface area contributed by atoms with E-state index in [0.29, 0.717) is 25.4 Å². The first-order valence-corrected chi connectivity index (χ1v) is 15.1. The van der Waals surface area contributed by atoms with Crippen LogP contribution in [0.2, 0.25) is 0 Å². The molecule has 5 nitrogen and oxygen atoms in total. The summed E-state index contributed by atoms with van der Waals surface area (Å²) in [5.41, 5.74) is 9.49. The molecule has 2 atom stereocenters. The maximum atomic E-state index is 11.3. The number of unbranched alkanes of at least 4 members (excludes halogenated alkanes) is 1. The fraction of sp³-hybridized carbons (Fsp3) is 0.289. The topological polar surface area (TPSA) is 65.0 Å². The highest BCUT2D eigenvalue weighted by Crippen LogP contribution is 2.37. The fourth-order valence-electron chi connectivity index (χ4n) is 5.55. The molecule has 0 saturated carbocycles. The Balaban J connectivity index is 1.31. The Morgan fingerprint density at radius 1 is 0.791 bits per heavy atom. The number of fused-ring (bicyclic) bond motifs is 2. The summed E-state index contributed by atoms with van der Waals surface area (Å²) in [5, 5.41) is 9.24. The first-order valence-electron chi connectivity index (χ1n) is 15.1. The normalized spacial score (nSPS) is 14.4. The van der Waals surface area contributed by atoms with Gasteiger partial charge in [-0.15, -0.1) is 0 Å². The molecule has 5 rings (SSSR count). The van der Waals surface area contributed by atoms with Gasteiger partial charge in [0.2, 0.25) is 0 Å². The lowest BCUT2D eigenvalue weighted by Crippen LogP contribution is -2.24. The van der Waals surface area contributed by atoms with Gasteiger partial charge in [-0.25, -0.2) is 4.79 Å². The Kier molecular flexibility index (Phi) is 10.4. The van der Waals surface area contributed by atoms with Gasteiger partial charge in [-0.2, -0.15) is 0 Å². The summed E-state index contributed by atoms with van der Waals surface area (Å²) >= 11 is 0. The van der Waals surface area contributed by atoms with Gasteiger partial charge in [0.15, 0.2) is 6.10 Å². The van der Waals surface area contributed by atoms with E-state index in [1.54, 1.807) is 0 Å². The van der Waals surface area contributed by atoms with Gasteiger partial charge in [0.1, 0.15) is 18.5 Å². The van der Waals surface area contributed by atoms with Crippen LogP contribution in [0.4, 0.5) is 0 Å². The maximum Gasteiger partial charge on any atom is 0.333 e. The lowest BCUT2D eigenvalue weighted by Gasteiger charge is -2.22. The number of rotatable bonds is 14. The molecule has 1 N–H and O–H groups in total. The van der Waals surface area contributed by atoms with Crippen LogP contribution in [0, 0.1) is 0 Å². The number of carboxylic acid groups (broad SMARTS) is 1. The Morgan fingerprint density at radius 3 is 2.28 bits per heavy atom. The van der Waals surface area contributed by atoms with E-state index in [1.807, 2.05) is 24.3 Å². The molecular formula is C38H40O5. The van der Waals surface area contributed by atoms with Gasteiger partial charge in [-0.3, -0.25) is 0 Å². The van der Waals surface area contributed by atoms with E-state index < -0.39 is 12.1 Å². The van der Waals surface area contributed by atoms with Crippen molar-refractivity contribution >= 4 is 18.1 Å². The maximum absolute atomic E-state index is 11.3. The summed E-state index contributed by atoms with van der Waals surface area (Å²) in [6.07, 6.45) is 7.92. The van der Waals surface area contributed by atoms with E-state index in [0.717, 1.165) is 36.8 Å². The van der Waals surface area contributed by atoms with Crippen molar-refractivity contribution in [2.24, 2.45) is 0 Å². The number of methoxy groups -OCH3 is 1. The highest BCUT2D eigenvalue weighted by atomic mass is 16.5. The van der Waals surface area contributed by atoms with Crippen LogP contribution in [-0.2, 0) is 33.5 Å². The molecule has 1 aliphatic rings. The lowest BCUT2D eigenvalue weighted by atomic mass is 9.92. The molecule has 222 valence electrons. The molecular weight excluding hydrogens is 536 g/mol. The summed E-state index contributed by atoms with van der Waals surface area (Å²) in [5.74, 6) is -0.255. The number of carbonyl (C=O) groups is 1. The Labute approximate surface area is 254 Å². The number of benzene rings is 4. The molecule has 1 aliphatic carbocycles. The second kappa shape index (κ2) is 14.8. The van der Waals surface area contributed by atoms with Gasteiger partial charge in [0.25, 0.3) is 0 Å². The molecule has 0 amide bonds. The van der Waals surface area contributed by atoms with Crippen molar-refractivity contribution in [3.8, 4) is 5.75 Å². The average molecular weight is 577 g/mol. The fourth-order valence-corrected chi connectivity index (χ4v) is 5.55. The lowest BCUT2D eigenvalue weighted by molar-refractivity contribution is -0.148. The minimum atomic E-state index is -0.971. The van der Waals surface area contributed by atoms with Gasteiger partial charge in [0.05, 0.1) is 6.61 Å². The van der Waals surface area contributed by atoms with Crippen molar-refractivity contribution in [3.63, 3.8) is 0 Å². The summed E-state index contributed by atoms with van der Waals surface area (Å²) in [6.45, 7) is 3.04. The van der Waals surface area contributed by atoms with Gasteiger partial charge in [-0.05, 0) is 75.9 Å². The third-order valence-corrected chi connectivity index (χ3v) is 7.92. The quantitative estimate of drug-likeness (QED) is 0.154. The van der Waals surface area contributed by atoms with E-state index in [2.05, 4.69) is 85.8 Å².